The van der Waals surface area contributed by atoms with Gasteiger partial charge in [-0.15, -0.1) is 28.3 Å². The first kappa shape index (κ1) is 21.1. The molecule has 1 aromatic heterocycles. The molecule has 0 spiro atoms. The number of fused-ring (bicyclic) bond motifs is 1. The van der Waals surface area contributed by atoms with E-state index in [9.17, 15) is 0 Å². The maximum Gasteiger partial charge on any atom is 0.190 e. The van der Waals surface area contributed by atoms with E-state index in [2.05, 4.69) is 59.3 Å². The Kier molecular flexibility index (Phi) is 7.00. The minimum Gasteiger partial charge on any atom is -0.316 e. The maximum atomic E-state index is 6.31. The van der Waals surface area contributed by atoms with Crippen LogP contribution < -0.4 is 4.80 Å². The molecule has 0 amide bonds. The fourth-order valence-corrected chi connectivity index (χ4v) is 4.39. The van der Waals surface area contributed by atoms with Crippen molar-refractivity contribution < 1.29 is 0 Å². The van der Waals surface area contributed by atoms with E-state index in [-0.39, 0.29) is 17.0 Å². The molecule has 4 aromatic rings. The Hall–Kier alpha value is -1.59. The van der Waals surface area contributed by atoms with Gasteiger partial charge >= 0.3 is 0 Å². The first-order valence-corrected chi connectivity index (χ1v) is 10.5. The first-order valence-electron chi connectivity index (χ1n) is 8.83. The fourth-order valence-electron chi connectivity index (χ4n) is 3.11. The molecule has 144 valence electrons. The van der Waals surface area contributed by atoms with Gasteiger partial charge in [-0.1, -0.05) is 66.5 Å². The van der Waals surface area contributed by atoms with Crippen LogP contribution in [0.15, 0.2) is 71.0 Å². The highest BCUT2D eigenvalue weighted by atomic mass is 79.9. The van der Waals surface area contributed by atoms with Gasteiger partial charge in [-0.2, -0.15) is 0 Å². The van der Waals surface area contributed by atoms with E-state index in [4.69, 9.17) is 28.2 Å². The Morgan fingerprint density at radius 1 is 0.964 bits per heavy atom. The summed E-state index contributed by atoms with van der Waals surface area (Å²) >= 11 is 14.0. The molecule has 0 bridgehead atoms. The monoisotopic (exact) mass is 492 g/mol. The van der Waals surface area contributed by atoms with Crippen molar-refractivity contribution in [2.45, 2.75) is 19.9 Å². The second-order valence-corrected chi connectivity index (χ2v) is 8.00. The molecule has 6 heteroatoms. The van der Waals surface area contributed by atoms with Crippen LogP contribution in [0.5, 0.6) is 0 Å². The van der Waals surface area contributed by atoms with Gasteiger partial charge in [-0.3, -0.25) is 0 Å². The molecular formula is C22H19BrCl2N2S. The van der Waals surface area contributed by atoms with Crippen LogP contribution in [-0.2, 0) is 6.54 Å². The molecular weight excluding hydrogens is 475 g/mol. The highest BCUT2D eigenvalue weighted by Crippen LogP contribution is 2.29. The van der Waals surface area contributed by atoms with E-state index >= 15 is 0 Å². The van der Waals surface area contributed by atoms with Crippen LogP contribution in [0.3, 0.4) is 0 Å². The Morgan fingerprint density at radius 2 is 1.75 bits per heavy atom. The van der Waals surface area contributed by atoms with Crippen LogP contribution in [0.1, 0.15) is 13.3 Å². The molecule has 0 N–H and O–H groups in total. The lowest BCUT2D eigenvalue weighted by atomic mass is 10.1. The van der Waals surface area contributed by atoms with Crippen molar-refractivity contribution in [3.05, 3.63) is 80.9 Å². The summed E-state index contributed by atoms with van der Waals surface area (Å²) in [7, 11) is 0. The van der Waals surface area contributed by atoms with E-state index < -0.39 is 0 Å². The molecule has 0 saturated heterocycles. The van der Waals surface area contributed by atoms with Crippen molar-refractivity contribution in [1.82, 2.24) is 4.57 Å². The maximum absolute atomic E-state index is 6.31. The topological polar surface area (TPSA) is 17.3 Å². The zero-order valence-electron chi connectivity index (χ0n) is 15.2. The van der Waals surface area contributed by atoms with Crippen molar-refractivity contribution >= 4 is 68.0 Å². The molecule has 28 heavy (non-hydrogen) atoms. The fraction of sp³-hybridized carbons (Fsp3) is 0.136. The van der Waals surface area contributed by atoms with Crippen molar-refractivity contribution in [2.75, 3.05) is 0 Å². The van der Waals surface area contributed by atoms with Crippen LogP contribution in [-0.4, -0.2) is 4.57 Å². The standard InChI is InChI=1S/C22H18Cl2N2S.BrH/c1-2-11-26-21(17-8-7-15-5-3-4-6-16(15)12-17)14-27-22(26)25-20-13-18(23)9-10-19(20)24;/h3-10,12-14H,2,11H2,1H3;1H. The summed E-state index contributed by atoms with van der Waals surface area (Å²) in [5.41, 5.74) is 3.06. The number of benzene rings is 3. The SMILES string of the molecule is Br.CCCn1c(-c2ccc3ccccc3c2)csc1=Nc1cc(Cl)ccc1Cl. The lowest BCUT2D eigenvalue weighted by molar-refractivity contribution is 0.668. The van der Waals surface area contributed by atoms with Gasteiger partial charge < -0.3 is 4.57 Å². The van der Waals surface area contributed by atoms with Crippen molar-refractivity contribution in [3.8, 4) is 11.3 Å². The van der Waals surface area contributed by atoms with Gasteiger partial charge in [0.05, 0.1) is 16.4 Å². The summed E-state index contributed by atoms with van der Waals surface area (Å²) in [6.07, 6.45) is 1.02. The summed E-state index contributed by atoms with van der Waals surface area (Å²) in [4.78, 5) is 5.71. The number of halogens is 3. The summed E-state index contributed by atoms with van der Waals surface area (Å²) in [5, 5.41) is 5.88. The summed E-state index contributed by atoms with van der Waals surface area (Å²) in [5.74, 6) is 0. The molecule has 0 aliphatic rings. The Labute approximate surface area is 188 Å². The molecule has 0 unspecified atom stereocenters. The summed E-state index contributed by atoms with van der Waals surface area (Å²) < 4.78 is 2.26. The highest BCUT2D eigenvalue weighted by Gasteiger charge is 2.09. The molecule has 1 heterocycles. The number of thiazole rings is 1. The predicted octanol–water partition coefficient (Wildman–Crippen LogP) is 7.90. The molecule has 3 aromatic carbocycles. The smallest absolute Gasteiger partial charge is 0.190 e. The number of rotatable bonds is 4. The van der Waals surface area contributed by atoms with E-state index in [0.717, 1.165) is 17.8 Å². The third kappa shape index (κ3) is 4.36. The Balaban J connectivity index is 0.00000225. The number of aromatic nitrogens is 1. The second kappa shape index (κ2) is 9.27. The van der Waals surface area contributed by atoms with Crippen molar-refractivity contribution in [1.29, 1.82) is 0 Å². The van der Waals surface area contributed by atoms with Gasteiger partial charge in [-0.25, -0.2) is 4.99 Å². The molecule has 0 saturated carbocycles. The van der Waals surface area contributed by atoms with Gasteiger partial charge in [0.15, 0.2) is 4.80 Å². The lowest BCUT2D eigenvalue weighted by Crippen LogP contribution is -2.15. The van der Waals surface area contributed by atoms with E-state index in [1.165, 1.54) is 22.0 Å². The van der Waals surface area contributed by atoms with Crippen LogP contribution in [0, 0.1) is 0 Å². The van der Waals surface area contributed by atoms with Crippen LogP contribution >= 0.6 is 51.5 Å². The summed E-state index contributed by atoms with van der Waals surface area (Å²) in [6.45, 7) is 3.06. The molecule has 2 nitrogen and oxygen atoms in total. The third-order valence-corrected chi connectivity index (χ3v) is 5.83. The molecule has 0 aliphatic heterocycles. The first-order chi connectivity index (χ1) is 13.2. The number of hydrogen-bond donors (Lipinski definition) is 0. The van der Waals surface area contributed by atoms with Gasteiger partial charge in [0.1, 0.15) is 0 Å². The normalized spacial score (nSPS) is 11.6. The third-order valence-electron chi connectivity index (χ3n) is 4.41. The largest absolute Gasteiger partial charge is 0.316 e. The molecule has 0 aliphatic carbocycles. The molecule has 0 atom stereocenters. The minimum atomic E-state index is 0. The van der Waals surface area contributed by atoms with Crippen molar-refractivity contribution in [2.24, 2.45) is 4.99 Å². The highest BCUT2D eigenvalue weighted by molar-refractivity contribution is 8.93. The van der Waals surface area contributed by atoms with Crippen LogP contribution in [0.25, 0.3) is 22.0 Å². The Bertz CT molecular complexity index is 1180. The zero-order valence-corrected chi connectivity index (χ0v) is 19.3. The molecule has 0 radical (unpaired) electrons. The van der Waals surface area contributed by atoms with Crippen LogP contribution in [0.4, 0.5) is 5.69 Å². The van der Waals surface area contributed by atoms with Gasteiger partial charge in [0, 0.05) is 16.9 Å². The quantitative estimate of drug-likeness (QED) is 0.275. The van der Waals surface area contributed by atoms with Crippen LogP contribution in [0.2, 0.25) is 10.0 Å². The van der Waals surface area contributed by atoms with E-state index in [1.807, 2.05) is 0 Å². The van der Waals surface area contributed by atoms with E-state index in [1.54, 1.807) is 29.5 Å². The average Bonchev–Trinajstić information content (AvgIpc) is 3.07. The zero-order chi connectivity index (χ0) is 18.8. The molecule has 4 rings (SSSR count). The summed E-state index contributed by atoms with van der Waals surface area (Å²) in [6, 6.07) is 20.4. The number of nitrogens with zero attached hydrogens (tertiary/aromatic N) is 2. The van der Waals surface area contributed by atoms with Gasteiger partial charge in [-0.05, 0) is 47.0 Å². The second-order valence-electron chi connectivity index (χ2n) is 6.32. The van der Waals surface area contributed by atoms with Gasteiger partial charge in [0.25, 0.3) is 0 Å². The molecule has 0 fully saturated rings. The Morgan fingerprint density at radius 3 is 2.54 bits per heavy atom. The lowest BCUT2D eigenvalue weighted by Gasteiger charge is -2.09. The average molecular weight is 494 g/mol. The predicted molar refractivity (Wildman–Crippen MR) is 128 cm³/mol. The van der Waals surface area contributed by atoms with Gasteiger partial charge in [0.2, 0.25) is 0 Å². The van der Waals surface area contributed by atoms with E-state index in [0.29, 0.717) is 15.7 Å². The van der Waals surface area contributed by atoms with Crippen molar-refractivity contribution in [3.63, 3.8) is 0 Å². The minimum absolute atomic E-state index is 0. The number of hydrogen-bond acceptors (Lipinski definition) is 2.